The first-order chi connectivity index (χ1) is 8.01. The summed E-state index contributed by atoms with van der Waals surface area (Å²) in [4.78, 5) is 12.0. The van der Waals surface area contributed by atoms with Crippen LogP contribution in [0.5, 0.6) is 0 Å². The molecular weight excluding hydrogens is 216 g/mol. The number of aryl methyl sites for hydroxylation is 2. The molecule has 1 rings (SSSR count). The van der Waals surface area contributed by atoms with Crippen molar-refractivity contribution in [3.63, 3.8) is 0 Å². The van der Waals surface area contributed by atoms with Gasteiger partial charge in [0.1, 0.15) is 0 Å². The van der Waals surface area contributed by atoms with E-state index in [1.807, 2.05) is 20.9 Å². The molecule has 0 aliphatic carbocycles. The molecule has 0 saturated carbocycles. The number of nitrogens with zero attached hydrogens (tertiary/aromatic N) is 2. The van der Waals surface area contributed by atoms with Gasteiger partial charge in [-0.15, -0.1) is 0 Å². The summed E-state index contributed by atoms with van der Waals surface area (Å²) in [5.41, 5.74) is 8.22. The molecule has 0 aromatic carbocycles. The number of carbonyl (C=O) groups is 1. The van der Waals surface area contributed by atoms with Crippen LogP contribution in [0.15, 0.2) is 0 Å². The van der Waals surface area contributed by atoms with E-state index in [0.717, 1.165) is 29.9 Å². The van der Waals surface area contributed by atoms with Crippen molar-refractivity contribution >= 4 is 11.6 Å². The third-order valence-corrected chi connectivity index (χ3v) is 3.05. The quantitative estimate of drug-likeness (QED) is 0.813. The molecule has 0 radical (unpaired) electrons. The molecule has 0 fully saturated rings. The summed E-state index contributed by atoms with van der Waals surface area (Å²) >= 11 is 0. The standard InChI is InChI=1S/C12H22N4O/c1-5-6-10(7-13)12(17)14-11-8(2)15-16(4)9(11)3/h10H,5-7,13H2,1-4H3,(H,14,17). The van der Waals surface area contributed by atoms with Crippen LogP contribution >= 0.6 is 0 Å². The third-order valence-electron chi connectivity index (χ3n) is 3.05. The highest BCUT2D eigenvalue weighted by molar-refractivity contribution is 5.93. The SMILES string of the molecule is CCCC(CN)C(=O)Nc1c(C)nn(C)c1C. The molecule has 1 heterocycles. The first kappa shape index (κ1) is 13.7. The monoisotopic (exact) mass is 238 g/mol. The fourth-order valence-corrected chi connectivity index (χ4v) is 1.88. The Hall–Kier alpha value is -1.36. The Labute approximate surface area is 102 Å². The lowest BCUT2D eigenvalue weighted by atomic mass is 10.0. The van der Waals surface area contributed by atoms with Crippen molar-refractivity contribution in [2.24, 2.45) is 18.7 Å². The Morgan fingerprint density at radius 1 is 1.53 bits per heavy atom. The number of carbonyl (C=O) groups excluding carboxylic acids is 1. The van der Waals surface area contributed by atoms with Gasteiger partial charge in [-0.1, -0.05) is 13.3 Å². The Bertz CT molecular complexity index is 397. The summed E-state index contributed by atoms with van der Waals surface area (Å²) < 4.78 is 1.77. The molecule has 1 aromatic heterocycles. The highest BCUT2D eigenvalue weighted by atomic mass is 16.1. The van der Waals surface area contributed by atoms with E-state index in [1.165, 1.54) is 0 Å². The molecule has 0 saturated heterocycles. The number of hydrogen-bond acceptors (Lipinski definition) is 3. The molecule has 3 N–H and O–H groups in total. The van der Waals surface area contributed by atoms with Gasteiger partial charge in [-0.05, 0) is 20.3 Å². The normalized spacial score (nSPS) is 12.5. The van der Waals surface area contributed by atoms with Gasteiger partial charge in [0, 0.05) is 13.6 Å². The smallest absolute Gasteiger partial charge is 0.228 e. The van der Waals surface area contributed by atoms with Crippen LogP contribution in [0, 0.1) is 19.8 Å². The van der Waals surface area contributed by atoms with Crippen molar-refractivity contribution in [1.29, 1.82) is 0 Å². The van der Waals surface area contributed by atoms with E-state index in [9.17, 15) is 4.79 Å². The molecular formula is C12H22N4O. The minimum atomic E-state index is -0.112. The van der Waals surface area contributed by atoms with Crippen LogP contribution in [0.4, 0.5) is 5.69 Å². The molecule has 5 nitrogen and oxygen atoms in total. The Kier molecular flexibility index (Phi) is 4.69. The second-order valence-corrected chi connectivity index (χ2v) is 4.38. The van der Waals surface area contributed by atoms with Gasteiger partial charge in [-0.3, -0.25) is 9.48 Å². The van der Waals surface area contributed by atoms with E-state index < -0.39 is 0 Å². The van der Waals surface area contributed by atoms with E-state index in [1.54, 1.807) is 4.68 Å². The van der Waals surface area contributed by atoms with Crippen molar-refractivity contribution in [2.45, 2.75) is 33.6 Å². The summed E-state index contributed by atoms with van der Waals surface area (Å²) in [6.07, 6.45) is 1.78. The van der Waals surface area contributed by atoms with Crippen LogP contribution in [0.1, 0.15) is 31.2 Å². The highest BCUT2D eigenvalue weighted by Gasteiger charge is 2.19. The van der Waals surface area contributed by atoms with Crippen molar-refractivity contribution in [1.82, 2.24) is 9.78 Å². The Morgan fingerprint density at radius 3 is 2.59 bits per heavy atom. The molecule has 0 aliphatic rings. The maximum absolute atomic E-state index is 12.0. The van der Waals surface area contributed by atoms with Crippen molar-refractivity contribution < 1.29 is 4.79 Å². The van der Waals surface area contributed by atoms with Gasteiger partial charge < -0.3 is 11.1 Å². The van der Waals surface area contributed by atoms with Gasteiger partial charge in [0.2, 0.25) is 5.91 Å². The molecule has 1 amide bonds. The largest absolute Gasteiger partial charge is 0.330 e. The van der Waals surface area contributed by atoms with Crippen LogP contribution in [0.2, 0.25) is 0 Å². The summed E-state index contributed by atoms with van der Waals surface area (Å²) in [6, 6.07) is 0. The number of nitrogens with two attached hydrogens (primary N) is 1. The predicted octanol–water partition coefficient (Wildman–Crippen LogP) is 1.35. The first-order valence-electron chi connectivity index (χ1n) is 6.02. The third kappa shape index (κ3) is 3.06. The fraction of sp³-hybridized carbons (Fsp3) is 0.667. The average Bonchev–Trinajstić information content (AvgIpc) is 2.52. The molecule has 17 heavy (non-hydrogen) atoms. The van der Waals surface area contributed by atoms with Crippen LogP contribution in [-0.2, 0) is 11.8 Å². The Balaban J connectivity index is 2.80. The number of amides is 1. The van der Waals surface area contributed by atoms with Crippen molar-refractivity contribution in [2.75, 3.05) is 11.9 Å². The number of anilines is 1. The van der Waals surface area contributed by atoms with E-state index in [4.69, 9.17) is 5.73 Å². The zero-order chi connectivity index (χ0) is 13.0. The molecule has 1 atom stereocenters. The number of nitrogens with one attached hydrogen (secondary N) is 1. The number of aromatic nitrogens is 2. The van der Waals surface area contributed by atoms with Crippen LogP contribution in [0.3, 0.4) is 0 Å². The number of hydrogen-bond donors (Lipinski definition) is 2. The van der Waals surface area contributed by atoms with Gasteiger partial charge in [0.25, 0.3) is 0 Å². The van der Waals surface area contributed by atoms with E-state index >= 15 is 0 Å². The van der Waals surface area contributed by atoms with Crippen molar-refractivity contribution in [3.8, 4) is 0 Å². The molecule has 0 spiro atoms. The second kappa shape index (κ2) is 5.82. The summed E-state index contributed by atoms with van der Waals surface area (Å²) in [6.45, 7) is 6.27. The zero-order valence-electron chi connectivity index (χ0n) is 11.1. The van der Waals surface area contributed by atoms with Crippen molar-refractivity contribution in [3.05, 3.63) is 11.4 Å². The van der Waals surface area contributed by atoms with Gasteiger partial charge in [-0.25, -0.2) is 0 Å². The first-order valence-corrected chi connectivity index (χ1v) is 6.02. The summed E-state index contributed by atoms with van der Waals surface area (Å²) in [5, 5.41) is 7.20. The fourth-order valence-electron chi connectivity index (χ4n) is 1.88. The number of rotatable bonds is 5. The topological polar surface area (TPSA) is 72.9 Å². The Morgan fingerprint density at radius 2 is 2.18 bits per heavy atom. The van der Waals surface area contributed by atoms with Crippen LogP contribution < -0.4 is 11.1 Å². The van der Waals surface area contributed by atoms with Gasteiger partial charge in [-0.2, -0.15) is 5.10 Å². The maximum atomic E-state index is 12.0. The van der Waals surface area contributed by atoms with Gasteiger partial charge >= 0.3 is 0 Å². The minimum Gasteiger partial charge on any atom is -0.330 e. The van der Waals surface area contributed by atoms with E-state index in [2.05, 4.69) is 17.3 Å². The molecule has 0 bridgehead atoms. The predicted molar refractivity (Wildman–Crippen MR) is 68.8 cm³/mol. The molecule has 1 unspecified atom stereocenters. The highest BCUT2D eigenvalue weighted by Crippen LogP contribution is 2.19. The molecule has 1 aromatic rings. The van der Waals surface area contributed by atoms with E-state index in [-0.39, 0.29) is 11.8 Å². The summed E-state index contributed by atoms with van der Waals surface area (Å²) in [5.74, 6) is -0.118. The van der Waals surface area contributed by atoms with Gasteiger partial charge in [0.05, 0.1) is 23.0 Å². The minimum absolute atomic E-state index is 0.00597. The lowest BCUT2D eigenvalue weighted by Gasteiger charge is -2.14. The van der Waals surface area contributed by atoms with E-state index in [0.29, 0.717) is 6.54 Å². The van der Waals surface area contributed by atoms with Crippen LogP contribution in [-0.4, -0.2) is 22.2 Å². The molecule has 0 aliphatic heterocycles. The average molecular weight is 238 g/mol. The zero-order valence-corrected chi connectivity index (χ0v) is 11.1. The van der Waals surface area contributed by atoms with Gasteiger partial charge in [0.15, 0.2) is 0 Å². The second-order valence-electron chi connectivity index (χ2n) is 4.38. The maximum Gasteiger partial charge on any atom is 0.228 e. The lowest BCUT2D eigenvalue weighted by Crippen LogP contribution is -2.29. The summed E-state index contributed by atoms with van der Waals surface area (Å²) in [7, 11) is 1.87. The molecule has 5 heteroatoms. The molecule has 96 valence electrons. The van der Waals surface area contributed by atoms with Crippen LogP contribution in [0.25, 0.3) is 0 Å². The lowest BCUT2D eigenvalue weighted by molar-refractivity contribution is -0.119.